The van der Waals surface area contributed by atoms with Crippen molar-refractivity contribution in [2.75, 3.05) is 18.0 Å². The Balaban J connectivity index is 0.00000182. The third-order valence-electron chi connectivity index (χ3n) is 4.80. The normalized spacial score (nSPS) is 15.2. The van der Waals surface area contributed by atoms with Crippen LogP contribution in [-0.2, 0) is 5.41 Å². The van der Waals surface area contributed by atoms with E-state index in [0.717, 1.165) is 22.0 Å². The molecule has 25 heavy (non-hydrogen) atoms. The van der Waals surface area contributed by atoms with E-state index in [2.05, 4.69) is 116 Å². The lowest BCUT2D eigenvalue weighted by Gasteiger charge is -2.52. The van der Waals surface area contributed by atoms with E-state index in [9.17, 15) is 0 Å². The van der Waals surface area contributed by atoms with Gasteiger partial charge in [-0.2, -0.15) is 0 Å². The Morgan fingerprint density at radius 1 is 0.680 bits per heavy atom. The zero-order valence-electron chi connectivity index (χ0n) is 13.1. The second-order valence-electron chi connectivity index (χ2n) is 6.29. The van der Waals surface area contributed by atoms with E-state index in [1.54, 1.807) is 0 Å². The highest BCUT2D eigenvalue weighted by atomic mass is 79.9. The smallest absolute Gasteiger partial charge is 0.0553 e. The fourth-order valence-corrected chi connectivity index (χ4v) is 4.33. The van der Waals surface area contributed by atoms with E-state index < -0.39 is 0 Å². The van der Waals surface area contributed by atoms with E-state index in [4.69, 9.17) is 0 Å². The van der Waals surface area contributed by atoms with Crippen LogP contribution < -0.4 is 4.90 Å². The molecule has 0 bridgehead atoms. The van der Waals surface area contributed by atoms with E-state index in [-0.39, 0.29) is 12.8 Å². The van der Waals surface area contributed by atoms with Gasteiger partial charge in [-0.25, -0.2) is 0 Å². The maximum atomic E-state index is 3.63. The summed E-state index contributed by atoms with van der Waals surface area (Å²) >= 11 is 7.26. The molecule has 128 valence electrons. The van der Waals surface area contributed by atoms with Gasteiger partial charge in [0.05, 0.1) is 5.41 Å². The van der Waals surface area contributed by atoms with Gasteiger partial charge in [-0.1, -0.05) is 81.8 Å². The third-order valence-corrected chi connectivity index (χ3v) is 5.78. The second kappa shape index (κ2) is 7.35. The number of halogens is 2. The molecule has 0 N–H and O–H groups in total. The molecule has 1 aliphatic heterocycles. The number of hydrogen-bond acceptors (Lipinski definition) is 1. The van der Waals surface area contributed by atoms with Gasteiger partial charge in [0.1, 0.15) is 0 Å². The molecule has 0 amide bonds. The fourth-order valence-electron chi connectivity index (χ4n) is 3.53. The van der Waals surface area contributed by atoms with E-state index in [1.807, 2.05) is 0 Å². The van der Waals surface area contributed by atoms with Gasteiger partial charge in [-0.05, 0) is 47.5 Å². The largest absolute Gasteiger partial charge is 0.369 e. The molecule has 1 fully saturated rings. The fraction of sp³-hybridized carbons (Fsp3) is 0.182. The number of benzene rings is 3. The molecule has 3 heteroatoms. The van der Waals surface area contributed by atoms with Crippen LogP contribution in [0.15, 0.2) is 87.8 Å². The Hall–Kier alpha value is -1.58. The lowest BCUT2D eigenvalue weighted by Crippen LogP contribution is -2.60. The molecule has 3 aromatic rings. The minimum absolute atomic E-state index is 0. The second-order valence-corrected chi connectivity index (χ2v) is 8.13. The molecule has 0 atom stereocenters. The van der Waals surface area contributed by atoms with E-state index in [1.165, 1.54) is 16.8 Å². The minimum atomic E-state index is 0. The maximum Gasteiger partial charge on any atom is 0.0553 e. The van der Waals surface area contributed by atoms with Crippen molar-refractivity contribution in [2.24, 2.45) is 0 Å². The highest BCUT2D eigenvalue weighted by Gasteiger charge is 2.46. The van der Waals surface area contributed by atoms with Crippen LogP contribution in [0, 0.1) is 0 Å². The summed E-state index contributed by atoms with van der Waals surface area (Å²) in [6.07, 6.45) is 0. The van der Waals surface area contributed by atoms with Crippen LogP contribution in [0.25, 0.3) is 0 Å². The number of anilines is 1. The van der Waals surface area contributed by atoms with Crippen LogP contribution >= 0.6 is 31.9 Å². The number of hydrogen-bond donors (Lipinski definition) is 0. The number of nitrogens with zero attached hydrogens (tertiary/aromatic N) is 1. The predicted octanol–water partition coefficient (Wildman–Crippen LogP) is 6.65. The van der Waals surface area contributed by atoms with Crippen molar-refractivity contribution in [2.45, 2.75) is 12.8 Å². The molecule has 1 aliphatic rings. The average Bonchev–Trinajstić information content (AvgIpc) is 2.55. The third kappa shape index (κ3) is 3.40. The summed E-state index contributed by atoms with van der Waals surface area (Å²) in [5.41, 5.74) is 4.05. The first-order chi connectivity index (χ1) is 11.7. The summed E-state index contributed by atoms with van der Waals surface area (Å²) in [6.45, 7) is 1.98. The predicted molar refractivity (Wildman–Crippen MR) is 114 cm³/mol. The van der Waals surface area contributed by atoms with Crippen LogP contribution in [0.2, 0.25) is 0 Å². The Morgan fingerprint density at radius 2 is 1.20 bits per heavy atom. The van der Waals surface area contributed by atoms with Crippen LogP contribution in [0.4, 0.5) is 5.69 Å². The number of rotatable bonds is 3. The van der Waals surface area contributed by atoms with Crippen molar-refractivity contribution in [3.63, 3.8) is 0 Å². The van der Waals surface area contributed by atoms with Gasteiger partial charge in [0.25, 0.3) is 0 Å². The quantitative estimate of drug-likeness (QED) is 0.424. The first-order valence-electron chi connectivity index (χ1n) is 7.99. The molecule has 4 rings (SSSR count). The molecule has 0 aromatic heterocycles. The van der Waals surface area contributed by atoms with Crippen LogP contribution in [0.5, 0.6) is 0 Å². The minimum Gasteiger partial charge on any atom is -0.369 e. The Morgan fingerprint density at radius 3 is 1.68 bits per heavy atom. The Kier molecular flexibility index (Phi) is 5.35. The van der Waals surface area contributed by atoms with Gasteiger partial charge < -0.3 is 4.90 Å². The first-order valence-corrected chi connectivity index (χ1v) is 9.58. The van der Waals surface area contributed by atoms with Gasteiger partial charge in [0.2, 0.25) is 0 Å². The van der Waals surface area contributed by atoms with Crippen molar-refractivity contribution in [3.05, 3.63) is 98.9 Å². The van der Waals surface area contributed by atoms with Crippen molar-refractivity contribution >= 4 is 37.5 Å². The van der Waals surface area contributed by atoms with Crippen LogP contribution in [-0.4, -0.2) is 13.1 Å². The summed E-state index contributed by atoms with van der Waals surface area (Å²) in [5, 5.41) is 0. The topological polar surface area (TPSA) is 3.24 Å². The summed E-state index contributed by atoms with van der Waals surface area (Å²) in [5.74, 6) is 0. The standard InChI is InChI=1S/C21H17Br2N.CH4/c22-18-8-4-6-16(12-18)21(17-7-5-9-19(23)13-17)14-24(15-21)20-10-2-1-3-11-20;/h1-13H,14-15H2;1H4. The van der Waals surface area contributed by atoms with E-state index >= 15 is 0 Å². The molecule has 1 saturated heterocycles. The maximum absolute atomic E-state index is 3.63. The van der Waals surface area contributed by atoms with Crippen LogP contribution in [0.1, 0.15) is 18.6 Å². The van der Waals surface area contributed by atoms with Crippen molar-refractivity contribution in [3.8, 4) is 0 Å². The van der Waals surface area contributed by atoms with Gasteiger partial charge in [0, 0.05) is 27.7 Å². The molecule has 0 saturated carbocycles. The van der Waals surface area contributed by atoms with Gasteiger partial charge in [-0.15, -0.1) is 0 Å². The van der Waals surface area contributed by atoms with Crippen molar-refractivity contribution < 1.29 is 0 Å². The summed E-state index contributed by atoms with van der Waals surface area (Å²) in [6, 6.07) is 28.1. The summed E-state index contributed by atoms with van der Waals surface area (Å²) in [7, 11) is 0. The molecular weight excluding hydrogens is 438 g/mol. The van der Waals surface area contributed by atoms with Gasteiger partial charge in [0.15, 0.2) is 0 Å². The molecule has 0 radical (unpaired) electrons. The lowest BCUT2D eigenvalue weighted by atomic mass is 9.68. The highest BCUT2D eigenvalue weighted by molar-refractivity contribution is 9.10. The van der Waals surface area contributed by atoms with Crippen LogP contribution in [0.3, 0.4) is 0 Å². The molecule has 0 unspecified atom stereocenters. The van der Waals surface area contributed by atoms with Gasteiger partial charge in [-0.3, -0.25) is 0 Å². The summed E-state index contributed by atoms with van der Waals surface area (Å²) in [4.78, 5) is 2.45. The average molecular weight is 459 g/mol. The van der Waals surface area contributed by atoms with Gasteiger partial charge >= 0.3 is 0 Å². The highest BCUT2D eigenvalue weighted by Crippen LogP contribution is 2.44. The SMILES string of the molecule is Brc1cccc(C2(c3cccc(Br)c3)CN(c3ccccc3)C2)c1.C. The molecule has 1 nitrogen and oxygen atoms in total. The molecule has 1 heterocycles. The first kappa shape index (κ1) is 18.2. The van der Waals surface area contributed by atoms with Crippen molar-refractivity contribution in [1.29, 1.82) is 0 Å². The van der Waals surface area contributed by atoms with E-state index in [0.29, 0.717) is 0 Å². The molecule has 0 spiro atoms. The monoisotopic (exact) mass is 457 g/mol. The Labute approximate surface area is 167 Å². The van der Waals surface area contributed by atoms with Crippen molar-refractivity contribution in [1.82, 2.24) is 0 Å². The zero-order valence-corrected chi connectivity index (χ0v) is 16.3. The lowest BCUT2D eigenvalue weighted by molar-refractivity contribution is 0.396. The molecular formula is C22H21Br2N. The zero-order chi connectivity index (χ0) is 16.6. The number of para-hydroxylation sites is 1. The molecule has 3 aromatic carbocycles. The molecule has 0 aliphatic carbocycles. The summed E-state index contributed by atoms with van der Waals surface area (Å²) < 4.78 is 2.26. The Bertz CT molecular complexity index is 807.